The van der Waals surface area contributed by atoms with E-state index >= 15 is 0 Å². The fraction of sp³-hybridized carbons (Fsp3) is 0.235. The molecule has 4 aromatic carbocycles. The number of anilines is 1. The van der Waals surface area contributed by atoms with E-state index in [-0.39, 0.29) is 25.0 Å². The first-order valence-corrected chi connectivity index (χ1v) is 13.9. The van der Waals surface area contributed by atoms with E-state index in [9.17, 15) is 4.79 Å². The third kappa shape index (κ3) is 4.93. The second-order valence-corrected chi connectivity index (χ2v) is 10.4. The molecular weight excluding hydrogens is 536 g/mol. The van der Waals surface area contributed by atoms with Crippen molar-refractivity contribution in [2.75, 3.05) is 25.5 Å². The lowest BCUT2D eigenvalue weighted by atomic mass is 9.87. The van der Waals surface area contributed by atoms with Crippen molar-refractivity contribution in [3.63, 3.8) is 0 Å². The van der Waals surface area contributed by atoms with E-state index in [4.69, 9.17) is 19.2 Å². The fourth-order valence-corrected chi connectivity index (χ4v) is 5.96. The van der Waals surface area contributed by atoms with Crippen LogP contribution in [0, 0.1) is 0 Å². The Labute approximate surface area is 245 Å². The Bertz CT molecular complexity index is 1780. The van der Waals surface area contributed by atoms with Gasteiger partial charge in [-0.1, -0.05) is 36.4 Å². The zero-order chi connectivity index (χ0) is 27.1. The van der Waals surface area contributed by atoms with E-state index in [1.807, 2.05) is 48.5 Å². The number of fused-ring (bicyclic) bond motifs is 4. The molecule has 0 saturated heterocycles. The lowest BCUT2D eigenvalue weighted by Crippen LogP contribution is -2.26. The van der Waals surface area contributed by atoms with Crippen molar-refractivity contribution < 1.29 is 19.0 Å². The molecule has 1 N–H and O–H groups in total. The first-order valence-electron chi connectivity index (χ1n) is 13.9. The van der Waals surface area contributed by atoms with Gasteiger partial charge in [0, 0.05) is 52.8 Å². The van der Waals surface area contributed by atoms with Crippen LogP contribution in [0.2, 0.25) is 0 Å². The summed E-state index contributed by atoms with van der Waals surface area (Å²) in [5.74, 6) is 1.86. The number of ether oxygens (including phenoxy) is 3. The maximum Gasteiger partial charge on any atom is 0.339 e. The highest BCUT2D eigenvalue weighted by molar-refractivity contribution is 5.99. The van der Waals surface area contributed by atoms with Crippen LogP contribution in [-0.2, 0) is 24.2 Å². The van der Waals surface area contributed by atoms with E-state index in [1.54, 1.807) is 7.11 Å². The Balaban J connectivity index is 0.00000302. The third-order valence-corrected chi connectivity index (χ3v) is 7.94. The van der Waals surface area contributed by atoms with Crippen molar-refractivity contribution in [1.29, 1.82) is 0 Å². The predicted molar refractivity (Wildman–Crippen MR) is 161 cm³/mol. The molecule has 0 saturated carbocycles. The maximum atomic E-state index is 13.6. The van der Waals surface area contributed by atoms with Crippen molar-refractivity contribution in [3.8, 4) is 17.2 Å². The third-order valence-electron chi connectivity index (χ3n) is 7.94. The smallest absolute Gasteiger partial charge is 0.339 e. The van der Waals surface area contributed by atoms with Gasteiger partial charge in [0.05, 0.1) is 18.0 Å². The lowest BCUT2D eigenvalue weighted by Gasteiger charge is -2.27. The SMILES string of the molecule is COc1ccccc1COC(=O)c1ccccc1C1=c2cc3c(cc2Oc2cc4c(cc21)CCCN4)=NCCC3.Cl. The number of carbonyl (C=O) groups excluding carboxylic acids is 1. The van der Waals surface area contributed by atoms with E-state index in [0.717, 1.165) is 88.8 Å². The number of benzene rings is 4. The van der Waals surface area contributed by atoms with Gasteiger partial charge in [0.25, 0.3) is 0 Å². The highest BCUT2D eigenvalue weighted by Crippen LogP contribution is 2.41. The van der Waals surface area contributed by atoms with Gasteiger partial charge in [-0.25, -0.2) is 4.79 Å². The molecule has 0 unspecified atom stereocenters. The summed E-state index contributed by atoms with van der Waals surface area (Å²) in [5.41, 5.74) is 7.73. The van der Waals surface area contributed by atoms with Gasteiger partial charge in [-0.2, -0.15) is 0 Å². The topological polar surface area (TPSA) is 69.2 Å². The summed E-state index contributed by atoms with van der Waals surface area (Å²) < 4.78 is 17.8. The molecule has 0 aliphatic carbocycles. The summed E-state index contributed by atoms with van der Waals surface area (Å²) in [6, 6.07) is 23.9. The summed E-state index contributed by atoms with van der Waals surface area (Å²) in [6.45, 7) is 1.90. The van der Waals surface area contributed by atoms with Gasteiger partial charge in [-0.3, -0.25) is 4.99 Å². The van der Waals surface area contributed by atoms with E-state index in [1.165, 1.54) is 11.1 Å². The quantitative estimate of drug-likeness (QED) is 0.274. The van der Waals surface area contributed by atoms with Crippen molar-refractivity contribution in [2.45, 2.75) is 32.3 Å². The molecule has 0 amide bonds. The zero-order valence-corrected chi connectivity index (χ0v) is 23.7. The Morgan fingerprint density at radius 1 is 0.927 bits per heavy atom. The van der Waals surface area contributed by atoms with Gasteiger partial charge in [0.2, 0.25) is 0 Å². The number of nitrogens with one attached hydrogen (secondary N) is 1. The van der Waals surface area contributed by atoms with Crippen molar-refractivity contribution in [2.24, 2.45) is 4.99 Å². The zero-order valence-electron chi connectivity index (χ0n) is 22.9. The average Bonchev–Trinajstić information content (AvgIpc) is 3.00. The molecular formula is C34H31ClN2O4. The Morgan fingerprint density at radius 2 is 1.76 bits per heavy atom. The number of methoxy groups -OCH3 is 1. The van der Waals surface area contributed by atoms with Crippen LogP contribution in [0.1, 0.15) is 51.0 Å². The Morgan fingerprint density at radius 3 is 2.66 bits per heavy atom. The minimum absolute atomic E-state index is 0. The molecule has 0 fully saturated rings. The van der Waals surface area contributed by atoms with Gasteiger partial charge in [-0.05, 0) is 66.6 Å². The summed E-state index contributed by atoms with van der Waals surface area (Å²) >= 11 is 0. The normalized spacial score (nSPS) is 14.4. The molecule has 3 aliphatic rings. The highest BCUT2D eigenvalue weighted by Gasteiger charge is 2.27. The largest absolute Gasteiger partial charge is 0.496 e. The van der Waals surface area contributed by atoms with Crippen LogP contribution in [0.15, 0.2) is 77.8 Å². The number of hydrogen-bond acceptors (Lipinski definition) is 6. The number of rotatable bonds is 5. The molecule has 4 aromatic rings. The van der Waals surface area contributed by atoms with Crippen LogP contribution in [0.25, 0.3) is 5.57 Å². The molecule has 0 aromatic heterocycles. The summed E-state index contributed by atoms with van der Waals surface area (Å²) in [5, 5.41) is 5.50. The first kappa shape index (κ1) is 26.9. The van der Waals surface area contributed by atoms with Gasteiger partial charge in [0.15, 0.2) is 0 Å². The molecule has 6 nitrogen and oxygen atoms in total. The minimum atomic E-state index is -0.379. The fourth-order valence-electron chi connectivity index (χ4n) is 5.96. The standard InChI is InChI=1S/C34H30N2O4.ClH/c1-38-30-13-5-2-8-23(30)20-39-34(37)25-12-4-3-11-24(25)33-26-16-21-9-6-14-35-28(21)18-31(26)40-32-19-29-22(17-27(32)33)10-7-15-36-29;/h2-5,8,11-13,16-19,35H,6-7,9-10,14-15,20H2,1H3;1H. The molecule has 0 bridgehead atoms. The molecule has 3 heterocycles. The Kier molecular flexibility index (Phi) is 7.41. The molecule has 41 heavy (non-hydrogen) atoms. The lowest BCUT2D eigenvalue weighted by molar-refractivity contribution is 0.0470. The van der Waals surface area contributed by atoms with Crippen LogP contribution in [0.3, 0.4) is 0 Å². The van der Waals surface area contributed by atoms with Gasteiger partial charge >= 0.3 is 5.97 Å². The minimum Gasteiger partial charge on any atom is -0.496 e. The summed E-state index contributed by atoms with van der Waals surface area (Å²) in [4.78, 5) is 18.4. The van der Waals surface area contributed by atoms with Crippen LogP contribution in [-0.4, -0.2) is 26.2 Å². The number of hydrogen-bond donors (Lipinski definition) is 1. The highest BCUT2D eigenvalue weighted by atomic mass is 35.5. The van der Waals surface area contributed by atoms with E-state index in [2.05, 4.69) is 29.6 Å². The van der Waals surface area contributed by atoms with E-state index in [0.29, 0.717) is 11.3 Å². The monoisotopic (exact) mass is 566 g/mol. The summed E-state index contributed by atoms with van der Waals surface area (Å²) in [7, 11) is 1.62. The second kappa shape index (κ2) is 11.3. The van der Waals surface area contributed by atoms with Crippen LogP contribution < -0.4 is 25.4 Å². The number of halogens is 1. The van der Waals surface area contributed by atoms with E-state index < -0.39 is 0 Å². The molecule has 208 valence electrons. The summed E-state index contributed by atoms with van der Waals surface area (Å²) in [6.07, 6.45) is 4.09. The predicted octanol–water partition coefficient (Wildman–Crippen LogP) is 5.75. The molecule has 0 radical (unpaired) electrons. The molecule has 7 rings (SSSR count). The van der Waals surface area contributed by atoms with Gasteiger partial charge in [0.1, 0.15) is 23.9 Å². The van der Waals surface area contributed by atoms with Crippen LogP contribution in [0.5, 0.6) is 17.2 Å². The second-order valence-electron chi connectivity index (χ2n) is 10.4. The molecule has 7 heteroatoms. The molecule has 0 atom stereocenters. The van der Waals surface area contributed by atoms with Gasteiger partial charge in [-0.15, -0.1) is 12.4 Å². The maximum absolute atomic E-state index is 13.6. The first-order chi connectivity index (χ1) is 19.7. The average molecular weight is 567 g/mol. The van der Waals surface area contributed by atoms with Crippen molar-refractivity contribution in [3.05, 3.63) is 117 Å². The number of carbonyl (C=O) groups is 1. The van der Waals surface area contributed by atoms with Crippen molar-refractivity contribution in [1.82, 2.24) is 0 Å². The number of nitrogens with zero attached hydrogens (tertiary/aromatic N) is 1. The van der Waals surface area contributed by atoms with Crippen LogP contribution in [0.4, 0.5) is 5.69 Å². The Hall–Kier alpha value is -4.29. The van der Waals surface area contributed by atoms with Crippen LogP contribution >= 0.6 is 12.4 Å². The number of esters is 1. The number of para-hydroxylation sites is 1. The van der Waals surface area contributed by atoms with Gasteiger partial charge < -0.3 is 19.5 Å². The molecule has 3 aliphatic heterocycles. The molecule has 0 spiro atoms. The number of aryl methyl sites for hydroxylation is 2. The van der Waals surface area contributed by atoms with Crippen molar-refractivity contribution >= 4 is 29.6 Å².